The second kappa shape index (κ2) is 17.7. The predicted octanol–water partition coefficient (Wildman–Crippen LogP) is 2.55. The fraction of sp³-hybridized carbons (Fsp3) is 0.600. The summed E-state index contributed by atoms with van der Waals surface area (Å²) in [4.78, 5) is 16.2. The van der Waals surface area contributed by atoms with Gasteiger partial charge >= 0.3 is 0 Å². The number of carbonyl (C=O) groups excluding carboxylic acids is 1. The number of unbranched alkanes of at least 4 members (excludes halogenated alkanes) is 1. The fourth-order valence-corrected chi connectivity index (χ4v) is 2.29. The van der Waals surface area contributed by atoms with Crippen LogP contribution in [0.25, 0.3) is 0 Å². The number of carbonyl (C=O) groups is 1. The molecular formula is C20H35IN4O3. The van der Waals surface area contributed by atoms with Gasteiger partial charge in [0.05, 0.1) is 13.2 Å². The molecule has 0 bridgehead atoms. The highest BCUT2D eigenvalue weighted by atomic mass is 127. The number of hydrogen-bond donors (Lipinski definition) is 3. The van der Waals surface area contributed by atoms with Crippen LogP contribution >= 0.6 is 24.0 Å². The molecule has 0 aliphatic carbocycles. The number of nitrogens with zero attached hydrogens (tertiary/aromatic N) is 1. The normalized spacial score (nSPS) is 10.9. The molecule has 160 valence electrons. The molecule has 0 aliphatic heterocycles. The molecule has 0 fully saturated rings. The SMILES string of the molecule is CCCCNC(=O)c1ccc(CNC(=NC)NCCCOCCOC)cc1.I. The summed E-state index contributed by atoms with van der Waals surface area (Å²) in [5.41, 5.74) is 1.77. The summed E-state index contributed by atoms with van der Waals surface area (Å²) in [6, 6.07) is 7.62. The van der Waals surface area contributed by atoms with Crippen LogP contribution in [-0.4, -0.2) is 58.9 Å². The van der Waals surface area contributed by atoms with Gasteiger partial charge in [0.25, 0.3) is 5.91 Å². The zero-order chi connectivity index (χ0) is 19.7. The van der Waals surface area contributed by atoms with E-state index in [2.05, 4.69) is 27.9 Å². The molecule has 0 spiro atoms. The number of methoxy groups -OCH3 is 1. The molecule has 7 nitrogen and oxygen atoms in total. The van der Waals surface area contributed by atoms with E-state index in [1.165, 1.54) is 0 Å². The first-order valence-corrected chi connectivity index (χ1v) is 9.59. The van der Waals surface area contributed by atoms with Crippen molar-refractivity contribution in [3.63, 3.8) is 0 Å². The largest absolute Gasteiger partial charge is 0.382 e. The van der Waals surface area contributed by atoms with Crippen LogP contribution in [0.1, 0.15) is 42.1 Å². The number of amides is 1. The Morgan fingerprint density at radius 2 is 1.71 bits per heavy atom. The van der Waals surface area contributed by atoms with E-state index in [1.54, 1.807) is 14.2 Å². The number of nitrogens with one attached hydrogen (secondary N) is 3. The van der Waals surface area contributed by atoms with E-state index < -0.39 is 0 Å². The van der Waals surface area contributed by atoms with E-state index in [1.807, 2.05) is 24.3 Å². The summed E-state index contributed by atoms with van der Waals surface area (Å²) in [6.07, 6.45) is 2.96. The minimum absolute atomic E-state index is 0. The Hall–Kier alpha value is -1.39. The Bertz CT molecular complexity index is 553. The average molecular weight is 506 g/mol. The number of hydrogen-bond acceptors (Lipinski definition) is 4. The lowest BCUT2D eigenvalue weighted by Gasteiger charge is -2.12. The highest BCUT2D eigenvalue weighted by molar-refractivity contribution is 14.0. The molecule has 8 heteroatoms. The standard InChI is InChI=1S/C20H34N4O3.HI/c1-4-5-11-22-19(25)18-9-7-17(8-10-18)16-24-20(21-2)23-12-6-13-27-15-14-26-3;/h7-10H,4-6,11-16H2,1-3H3,(H,22,25)(H2,21,23,24);1H. The Morgan fingerprint density at radius 1 is 1.00 bits per heavy atom. The van der Waals surface area contributed by atoms with Crippen LogP contribution < -0.4 is 16.0 Å². The van der Waals surface area contributed by atoms with Gasteiger partial charge < -0.3 is 25.4 Å². The van der Waals surface area contributed by atoms with E-state index >= 15 is 0 Å². The Morgan fingerprint density at radius 3 is 2.36 bits per heavy atom. The molecule has 0 aromatic heterocycles. The van der Waals surface area contributed by atoms with E-state index in [-0.39, 0.29) is 29.9 Å². The van der Waals surface area contributed by atoms with Gasteiger partial charge in [-0.2, -0.15) is 0 Å². The molecule has 1 aromatic rings. The second-order valence-corrected chi connectivity index (χ2v) is 6.12. The summed E-state index contributed by atoms with van der Waals surface area (Å²) in [5.74, 6) is 0.724. The molecule has 1 aromatic carbocycles. The van der Waals surface area contributed by atoms with Crippen molar-refractivity contribution in [3.05, 3.63) is 35.4 Å². The Labute approximate surface area is 186 Å². The van der Waals surface area contributed by atoms with Gasteiger partial charge in [-0.05, 0) is 30.5 Å². The first-order valence-electron chi connectivity index (χ1n) is 9.59. The molecular weight excluding hydrogens is 471 g/mol. The van der Waals surface area contributed by atoms with Crippen LogP contribution in [0.3, 0.4) is 0 Å². The van der Waals surface area contributed by atoms with Crippen LogP contribution in [0.15, 0.2) is 29.3 Å². The number of benzene rings is 1. The Kier molecular flexibility index (Phi) is 16.8. The molecule has 0 saturated carbocycles. The van der Waals surface area contributed by atoms with E-state index in [0.29, 0.717) is 31.9 Å². The summed E-state index contributed by atoms with van der Waals surface area (Å²) in [7, 11) is 3.41. The number of ether oxygens (including phenoxy) is 2. The number of halogens is 1. The van der Waals surface area contributed by atoms with Crippen molar-refractivity contribution >= 4 is 35.8 Å². The van der Waals surface area contributed by atoms with Crippen molar-refractivity contribution in [3.8, 4) is 0 Å². The van der Waals surface area contributed by atoms with Crippen LogP contribution in [-0.2, 0) is 16.0 Å². The summed E-state index contributed by atoms with van der Waals surface area (Å²) >= 11 is 0. The lowest BCUT2D eigenvalue weighted by Crippen LogP contribution is -2.37. The van der Waals surface area contributed by atoms with Gasteiger partial charge in [-0.25, -0.2) is 0 Å². The maximum absolute atomic E-state index is 12.0. The summed E-state index contributed by atoms with van der Waals surface area (Å²) in [6.45, 7) is 6.18. The van der Waals surface area contributed by atoms with Gasteiger partial charge in [0, 0.05) is 46.0 Å². The molecule has 3 N–H and O–H groups in total. The van der Waals surface area contributed by atoms with Gasteiger partial charge in [-0.3, -0.25) is 9.79 Å². The first-order chi connectivity index (χ1) is 13.2. The number of rotatable bonds is 13. The molecule has 1 rings (SSSR count). The minimum atomic E-state index is -0.0202. The Balaban J connectivity index is 0.00000729. The summed E-state index contributed by atoms with van der Waals surface area (Å²) < 4.78 is 10.4. The molecule has 0 atom stereocenters. The van der Waals surface area contributed by atoms with Crippen LogP contribution in [0, 0.1) is 0 Å². The van der Waals surface area contributed by atoms with Gasteiger partial charge in [0.2, 0.25) is 0 Å². The third kappa shape index (κ3) is 12.1. The number of guanidine groups is 1. The predicted molar refractivity (Wildman–Crippen MR) is 125 cm³/mol. The van der Waals surface area contributed by atoms with Crippen LogP contribution in [0.4, 0.5) is 0 Å². The van der Waals surface area contributed by atoms with E-state index in [9.17, 15) is 4.79 Å². The molecule has 0 aliphatic rings. The van der Waals surface area contributed by atoms with Crippen molar-refractivity contribution in [2.24, 2.45) is 4.99 Å². The molecule has 0 heterocycles. The fourth-order valence-electron chi connectivity index (χ4n) is 2.29. The maximum atomic E-state index is 12.0. The van der Waals surface area contributed by atoms with E-state index in [0.717, 1.165) is 43.9 Å². The highest BCUT2D eigenvalue weighted by Gasteiger charge is 2.05. The number of aliphatic imine (C=N–C) groups is 1. The molecule has 0 radical (unpaired) electrons. The first kappa shape index (κ1) is 26.6. The lowest BCUT2D eigenvalue weighted by atomic mass is 10.1. The monoisotopic (exact) mass is 506 g/mol. The van der Waals surface area contributed by atoms with Gasteiger partial charge in [-0.1, -0.05) is 25.5 Å². The van der Waals surface area contributed by atoms with E-state index in [4.69, 9.17) is 9.47 Å². The molecule has 28 heavy (non-hydrogen) atoms. The van der Waals surface area contributed by atoms with Crippen LogP contribution in [0.2, 0.25) is 0 Å². The van der Waals surface area contributed by atoms with Gasteiger partial charge in [-0.15, -0.1) is 24.0 Å². The molecule has 0 saturated heterocycles. The maximum Gasteiger partial charge on any atom is 0.251 e. The minimum Gasteiger partial charge on any atom is -0.382 e. The third-order valence-electron chi connectivity index (χ3n) is 3.91. The summed E-state index contributed by atoms with van der Waals surface area (Å²) in [5, 5.41) is 9.44. The van der Waals surface area contributed by atoms with Gasteiger partial charge in [0.1, 0.15) is 0 Å². The van der Waals surface area contributed by atoms with Crippen LogP contribution in [0.5, 0.6) is 0 Å². The lowest BCUT2D eigenvalue weighted by molar-refractivity contribution is 0.0698. The van der Waals surface area contributed by atoms with Crippen molar-refractivity contribution in [2.45, 2.75) is 32.7 Å². The third-order valence-corrected chi connectivity index (χ3v) is 3.91. The second-order valence-electron chi connectivity index (χ2n) is 6.12. The zero-order valence-electron chi connectivity index (χ0n) is 17.3. The van der Waals surface area contributed by atoms with Crippen molar-refractivity contribution in [1.82, 2.24) is 16.0 Å². The smallest absolute Gasteiger partial charge is 0.251 e. The average Bonchev–Trinajstić information content (AvgIpc) is 2.70. The van der Waals surface area contributed by atoms with Crippen molar-refractivity contribution < 1.29 is 14.3 Å². The quantitative estimate of drug-likeness (QED) is 0.166. The van der Waals surface area contributed by atoms with Crippen molar-refractivity contribution in [1.29, 1.82) is 0 Å². The zero-order valence-corrected chi connectivity index (χ0v) is 19.6. The molecule has 1 amide bonds. The molecule has 0 unspecified atom stereocenters. The van der Waals surface area contributed by atoms with Gasteiger partial charge in [0.15, 0.2) is 5.96 Å². The topological polar surface area (TPSA) is 84.0 Å². The van der Waals surface area contributed by atoms with Crippen molar-refractivity contribution in [2.75, 3.05) is 47.1 Å². The highest BCUT2D eigenvalue weighted by Crippen LogP contribution is 2.04.